The number of ketones is 1. The molecule has 2 aromatic carbocycles. The van der Waals surface area contributed by atoms with Crippen LogP contribution in [-0.2, 0) is 6.54 Å². The Balaban J connectivity index is 1.45. The van der Waals surface area contributed by atoms with E-state index in [-0.39, 0.29) is 11.5 Å². The van der Waals surface area contributed by atoms with E-state index in [1.165, 1.54) is 4.90 Å². The van der Waals surface area contributed by atoms with Gasteiger partial charge in [0.1, 0.15) is 11.5 Å². The van der Waals surface area contributed by atoms with E-state index in [1.54, 1.807) is 12.1 Å². The summed E-state index contributed by atoms with van der Waals surface area (Å²) in [4.78, 5) is 31.2. The Kier molecular flexibility index (Phi) is 5.51. The molecule has 0 aliphatic carbocycles. The van der Waals surface area contributed by atoms with Crippen LogP contribution in [-0.4, -0.2) is 64.6 Å². The number of benzene rings is 2. The lowest BCUT2D eigenvalue weighted by Gasteiger charge is -2.33. The number of Topliss-reactive ketones (excluding diaryl/α,β-unsaturated/α-hetero) is 1. The maximum absolute atomic E-state index is 13.2. The van der Waals surface area contributed by atoms with Crippen molar-refractivity contribution in [3.8, 4) is 11.5 Å². The van der Waals surface area contributed by atoms with Gasteiger partial charge in [-0.3, -0.25) is 9.69 Å². The highest BCUT2D eigenvalue weighted by Crippen LogP contribution is 2.41. The molecule has 8 heteroatoms. The maximum Gasteiger partial charge on any atom is 0.407 e. The van der Waals surface area contributed by atoms with E-state index in [0.717, 1.165) is 22.0 Å². The molecule has 1 aromatic heterocycles. The minimum Gasteiger partial charge on any atom is -0.493 e. The van der Waals surface area contributed by atoms with Crippen LogP contribution >= 0.6 is 0 Å². The second-order valence-electron chi connectivity index (χ2n) is 8.13. The number of piperazine rings is 1. The molecule has 2 N–H and O–H groups in total. The van der Waals surface area contributed by atoms with Gasteiger partial charge in [-0.1, -0.05) is 18.2 Å². The Morgan fingerprint density at radius 1 is 1.18 bits per heavy atom. The Morgan fingerprint density at radius 3 is 2.73 bits per heavy atom. The molecule has 3 aromatic rings. The van der Waals surface area contributed by atoms with E-state index >= 15 is 0 Å². The molecule has 0 bridgehead atoms. The number of carbonyl (C=O) groups excluding carboxylic acids is 1. The molecule has 0 spiro atoms. The van der Waals surface area contributed by atoms with Crippen molar-refractivity contribution >= 4 is 28.9 Å². The summed E-state index contributed by atoms with van der Waals surface area (Å²) in [5.74, 6) is 1.33. The molecule has 2 aliphatic heterocycles. The van der Waals surface area contributed by atoms with Crippen molar-refractivity contribution in [2.24, 2.45) is 0 Å². The number of allylic oxidation sites excluding steroid dienone is 1. The van der Waals surface area contributed by atoms with E-state index in [1.807, 2.05) is 43.5 Å². The number of para-hydroxylation sites is 1. The van der Waals surface area contributed by atoms with Crippen molar-refractivity contribution in [1.82, 2.24) is 14.8 Å². The molecule has 1 amide bonds. The van der Waals surface area contributed by atoms with Gasteiger partial charge in [-0.25, -0.2) is 4.79 Å². The number of amides is 1. The van der Waals surface area contributed by atoms with Gasteiger partial charge in [0.2, 0.25) is 5.78 Å². The van der Waals surface area contributed by atoms with E-state index < -0.39 is 6.09 Å². The summed E-state index contributed by atoms with van der Waals surface area (Å²) < 4.78 is 12.0. The predicted molar refractivity (Wildman–Crippen MR) is 124 cm³/mol. The number of hydrogen-bond acceptors (Lipinski definition) is 5. The summed E-state index contributed by atoms with van der Waals surface area (Å²) in [5.41, 5.74) is 3.21. The summed E-state index contributed by atoms with van der Waals surface area (Å²) in [5, 5.41) is 10.2. The second-order valence-corrected chi connectivity index (χ2v) is 8.13. The molecular formula is C25H25N3O5. The number of ether oxygens (including phenoxy) is 2. The first-order chi connectivity index (χ1) is 16.0. The van der Waals surface area contributed by atoms with Gasteiger partial charge in [0.15, 0.2) is 5.76 Å². The zero-order chi connectivity index (χ0) is 22.9. The van der Waals surface area contributed by atoms with E-state index in [9.17, 15) is 14.7 Å². The highest BCUT2D eigenvalue weighted by molar-refractivity contribution is 6.15. The topological polar surface area (TPSA) is 95.1 Å². The van der Waals surface area contributed by atoms with Gasteiger partial charge in [0, 0.05) is 55.4 Å². The third kappa shape index (κ3) is 3.93. The fourth-order valence-electron chi connectivity index (χ4n) is 4.41. The summed E-state index contributed by atoms with van der Waals surface area (Å²) in [6.07, 6.45) is 2.74. The number of hydrogen-bond donors (Lipinski definition) is 2. The summed E-state index contributed by atoms with van der Waals surface area (Å²) in [6, 6.07) is 11.5. The number of nitrogens with one attached hydrogen (secondary N) is 1. The second kappa shape index (κ2) is 8.63. The highest BCUT2D eigenvalue weighted by atomic mass is 16.5. The molecule has 8 nitrogen and oxygen atoms in total. The van der Waals surface area contributed by atoms with Crippen molar-refractivity contribution in [3.63, 3.8) is 0 Å². The normalized spacial score (nSPS) is 17.4. The fraction of sp³-hybridized carbons (Fsp3) is 0.280. The van der Waals surface area contributed by atoms with Gasteiger partial charge >= 0.3 is 6.09 Å². The molecule has 1 fully saturated rings. The minimum absolute atomic E-state index is 0.157. The van der Waals surface area contributed by atoms with Crippen LogP contribution in [0.2, 0.25) is 0 Å². The third-order valence-corrected chi connectivity index (χ3v) is 6.13. The average Bonchev–Trinajstić information content (AvgIpc) is 3.37. The predicted octanol–water partition coefficient (Wildman–Crippen LogP) is 3.98. The van der Waals surface area contributed by atoms with Crippen LogP contribution < -0.4 is 9.47 Å². The van der Waals surface area contributed by atoms with Crippen molar-refractivity contribution < 1.29 is 24.2 Å². The molecule has 0 atom stereocenters. The van der Waals surface area contributed by atoms with Crippen molar-refractivity contribution in [1.29, 1.82) is 0 Å². The number of rotatable bonds is 5. The first-order valence-corrected chi connectivity index (χ1v) is 11.0. The Morgan fingerprint density at radius 2 is 1.97 bits per heavy atom. The largest absolute Gasteiger partial charge is 0.493 e. The van der Waals surface area contributed by atoms with Crippen LogP contribution in [0.5, 0.6) is 11.5 Å². The molecular weight excluding hydrogens is 422 g/mol. The zero-order valence-electron chi connectivity index (χ0n) is 18.3. The number of aromatic amines is 1. The molecule has 0 unspecified atom stereocenters. The standard InChI is InChI=1S/C25H25N3O5/c1-2-32-21-8-7-18-23(29)22(13-16-14-26-20-6-4-3-5-17(16)20)33-24(18)19(21)15-27-9-11-28(12-10-27)25(30)31/h3-8,13-14,26H,2,9-12,15H2,1H3,(H,30,31). The number of carbonyl (C=O) groups is 2. The molecule has 170 valence electrons. The quantitative estimate of drug-likeness (QED) is 0.575. The van der Waals surface area contributed by atoms with E-state index in [2.05, 4.69) is 9.88 Å². The van der Waals surface area contributed by atoms with Gasteiger partial charge in [0.05, 0.1) is 17.7 Å². The van der Waals surface area contributed by atoms with Gasteiger partial charge in [-0.2, -0.15) is 0 Å². The van der Waals surface area contributed by atoms with Gasteiger partial charge in [0.25, 0.3) is 0 Å². The molecule has 33 heavy (non-hydrogen) atoms. The summed E-state index contributed by atoms with van der Waals surface area (Å²) in [6.45, 7) is 5.02. The van der Waals surface area contributed by atoms with Crippen molar-refractivity contribution in [2.75, 3.05) is 32.8 Å². The van der Waals surface area contributed by atoms with Crippen molar-refractivity contribution in [2.45, 2.75) is 13.5 Å². The third-order valence-electron chi connectivity index (χ3n) is 6.13. The highest BCUT2D eigenvalue weighted by Gasteiger charge is 2.33. The monoisotopic (exact) mass is 447 g/mol. The molecule has 0 saturated carbocycles. The van der Waals surface area contributed by atoms with Crippen LogP contribution in [0.15, 0.2) is 48.4 Å². The first-order valence-electron chi connectivity index (χ1n) is 11.0. The molecule has 5 rings (SSSR count). The SMILES string of the molecule is CCOc1ccc2c(c1CN1CCN(C(=O)O)CC1)OC(=Cc1c[nH]c3ccccc13)C2=O. The van der Waals surface area contributed by atoms with Crippen LogP contribution in [0.25, 0.3) is 17.0 Å². The number of carboxylic acid groups (broad SMARTS) is 1. The fourth-order valence-corrected chi connectivity index (χ4v) is 4.41. The smallest absolute Gasteiger partial charge is 0.407 e. The molecule has 0 radical (unpaired) electrons. The van der Waals surface area contributed by atoms with E-state index in [0.29, 0.717) is 56.4 Å². The summed E-state index contributed by atoms with van der Waals surface area (Å²) in [7, 11) is 0. The lowest BCUT2D eigenvalue weighted by Crippen LogP contribution is -2.47. The average molecular weight is 447 g/mol. The van der Waals surface area contributed by atoms with Crippen LogP contribution in [0, 0.1) is 0 Å². The molecule has 2 aliphatic rings. The first kappa shape index (κ1) is 21.1. The van der Waals surface area contributed by atoms with Crippen molar-refractivity contribution in [3.05, 3.63) is 65.0 Å². The number of aromatic nitrogens is 1. The van der Waals surface area contributed by atoms with Gasteiger partial charge < -0.3 is 24.5 Å². The van der Waals surface area contributed by atoms with Crippen LogP contribution in [0.4, 0.5) is 4.79 Å². The van der Waals surface area contributed by atoms with Crippen LogP contribution in [0.3, 0.4) is 0 Å². The molecule has 1 saturated heterocycles. The Bertz CT molecular complexity index is 1250. The lowest BCUT2D eigenvalue weighted by molar-refractivity contribution is 0.101. The number of H-pyrrole nitrogens is 1. The Hall–Kier alpha value is -3.78. The minimum atomic E-state index is -0.897. The summed E-state index contributed by atoms with van der Waals surface area (Å²) >= 11 is 0. The van der Waals surface area contributed by atoms with Gasteiger partial charge in [-0.15, -0.1) is 0 Å². The number of fused-ring (bicyclic) bond motifs is 2. The number of nitrogens with zero attached hydrogens (tertiary/aromatic N) is 2. The lowest BCUT2D eigenvalue weighted by atomic mass is 10.0. The van der Waals surface area contributed by atoms with Gasteiger partial charge in [-0.05, 0) is 31.2 Å². The van der Waals surface area contributed by atoms with Crippen LogP contribution in [0.1, 0.15) is 28.4 Å². The Labute approximate surface area is 191 Å². The van der Waals surface area contributed by atoms with E-state index in [4.69, 9.17) is 9.47 Å². The molecule has 3 heterocycles. The maximum atomic E-state index is 13.2. The zero-order valence-corrected chi connectivity index (χ0v) is 18.3.